The number of carbonyl (C=O) groups is 2. The van der Waals surface area contributed by atoms with Gasteiger partial charge in [-0.15, -0.1) is 0 Å². The number of nitro groups is 1. The number of benzene rings is 2. The van der Waals surface area contributed by atoms with Gasteiger partial charge in [-0.2, -0.15) is 4.31 Å². The number of rotatable bonds is 8. The molecule has 12 nitrogen and oxygen atoms in total. The molecule has 35 heavy (non-hydrogen) atoms. The topological polar surface area (TPSA) is 165 Å². The van der Waals surface area contributed by atoms with Crippen LogP contribution in [-0.2, 0) is 24.3 Å². The van der Waals surface area contributed by atoms with E-state index < -0.39 is 45.6 Å². The highest BCUT2D eigenvalue weighted by atomic mass is 35.5. The Kier molecular flexibility index (Phi) is 7.95. The lowest BCUT2D eigenvalue weighted by atomic mass is 10.1. The van der Waals surface area contributed by atoms with Crippen molar-refractivity contribution in [3.05, 3.63) is 57.1 Å². The fraction of sp³-hybridized carbons (Fsp3) is 0.333. The number of amides is 1. The standard InChI is InChI=1S/C21H22ClN3O9S/c1-12-7-17(25(29)30)19(33-2)9-16(12)23-20(27)11-34-21(28)18-8-14(26)10-24(18)35(31,32)15-5-3-13(22)4-6-15/h3-7,9,14,18,26H,8,10-11H2,1-2H3,(H,23,27)/t14-,18+/m1/s1. The number of aliphatic hydroxyl groups is 1. The second kappa shape index (κ2) is 10.6. The third-order valence-corrected chi connectivity index (χ3v) is 7.41. The van der Waals surface area contributed by atoms with E-state index in [9.17, 15) is 33.2 Å². The number of β-amino-alcohol motifs (C(OH)–C–C–N with tert-alkyl or cyclic N) is 1. The van der Waals surface area contributed by atoms with Crippen LogP contribution in [0.1, 0.15) is 12.0 Å². The van der Waals surface area contributed by atoms with Crippen LogP contribution in [0.2, 0.25) is 5.02 Å². The highest BCUT2D eigenvalue weighted by Crippen LogP contribution is 2.33. The minimum absolute atomic E-state index is 0.0733. The van der Waals surface area contributed by atoms with Gasteiger partial charge in [0.1, 0.15) is 6.04 Å². The van der Waals surface area contributed by atoms with Gasteiger partial charge in [0, 0.05) is 35.8 Å². The lowest BCUT2D eigenvalue weighted by Crippen LogP contribution is -2.42. The molecule has 1 saturated heterocycles. The molecule has 0 aliphatic carbocycles. The maximum absolute atomic E-state index is 13.0. The van der Waals surface area contributed by atoms with Crippen LogP contribution in [-0.4, -0.2) is 67.0 Å². The average molecular weight is 528 g/mol. The summed E-state index contributed by atoms with van der Waals surface area (Å²) in [5, 5.41) is 23.9. The molecular formula is C21H22ClN3O9S. The van der Waals surface area contributed by atoms with E-state index in [1.807, 2.05) is 0 Å². The molecule has 2 N–H and O–H groups in total. The number of halogens is 1. The molecule has 0 aromatic heterocycles. The summed E-state index contributed by atoms with van der Waals surface area (Å²) in [4.78, 5) is 35.3. The molecule has 188 valence electrons. The maximum Gasteiger partial charge on any atom is 0.325 e. The number of esters is 1. The quantitative estimate of drug-likeness (QED) is 0.296. The van der Waals surface area contributed by atoms with E-state index in [1.165, 1.54) is 50.4 Å². The van der Waals surface area contributed by atoms with Gasteiger partial charge in [-0.05, 0) is 36.8 Å². The summed E-state index contributed by atoms with van der Waals surface area (Å²) in [6, 6.07) is 6.47. The van der Waals surface area contributed by atoms with Crippen LogP contribution in [0.5, 0.6) is 5.75 Å². The molecule has 0 spiro atoms. The third kappa shape index (κ3) is 5.88. The summed E-state index contributed by atoms with van der Waals surface area (Å²) < 4.78 is 36.8. The summed E-state index contributed by atoms with van der Waals surface area (Å²) in [5.74, 6) is -1.84. The molecule has 2 atom stereocenters. The molecule has 0 saturated carbocycles. The zero-order chi connectivity index (χ0) is 25.9. The largest absolute Gasteiger partial charge is 0.490 e. The average Bonchev–Trinajstić information content (AvgIpc) is 3.21. The van der Waals surface area contributed by atoms with Crippen molar-refractivity contribution >= 4 is 44.9 Å². The van der Waals surface area contributed by atoms with Crippen molar-refractivity contribution in [2.75, 3.05) is 25.6 Å². The molecule has 0 unspecified atom stereocenters. The van der Waals surface area contributed by atoms with E-state index in [4.69, 9.17) is 21.1 Å². The van der Waals surface area contributed by atoms with Crippen LogP contribution in [0.3, 0.4) is 0 Å². The Balaban J connectivity index is 1.69. The lowest BCUT2D eigenvalue weighted by molar-refractivity contribution is -0.385. The Labute approximate surface area is 205 Å². The molecule has 1 amide bonds. The van der Waals surface area contributed by atoms with Gasteiger partial charge < -0.3 is 19.9 Å². The van der Waals surface area contributed by atoms with Crippen molar-refractivity contribution in [1.29, 1.82) is 0 Å². The molecule has 3 rings (SSSR count). The van der Waals surface area contributed by atoms with E-state index in [1.54, 1.807) is 0 Å². The Morgan fingerprint density at radius 2 is 1.94 bits per heavy atom. The first-order valence-corrected chi connectivity index (χ1v) is 12.0. The number of carbonyl (C=O) groups excluding carboxylic acids is 2. The highest BCUT2D eigenvalue weighted by Gasteiger charge is 2.44. The van der Waals surface area contributed by atoms with Gasteiger partial charge in [0.15, 0.2) is 12.4 Å². The number of ether oxygens (including phenoxy) is 2. The molecule has 14 heteroatoms. The highest BCUT2D eigenvalue weighted by molar-refractivity contribution is 7.89. The fourth-order valence-corrected chi connectivity index (χ4v) is 5.29. The summed E-state index contributed by atoms with van der Waals surface area (Å²) in [6.45, 7) is 0.463. The normalized spacial score (nSPS) is 18.2. The minimum Gasteiger partial charge on any atom is -0.490 e. The van der Waals surface area contributed by atoms with Crippen molar-refractivity contribution in [3.63, 3.8) is 0 Å². The van der Waals surface area contributed by atoms with Gasteiger partial charge in [0.25, 0.3) is 5.91 Å². The number of sulfonamides is 1. The number of anilines is 1. The minimum atomic E-state index is -4.15. The number of aryl methyl sites for hydroxylation is 1. The number of methoxy groups -OCH3 is 1. The van der Waals surface area contributed by atoms with Crippen LogP contribution >= 0.6 is 11.6 Å². The van der Waals surface area contributed by atoms with Crippen LogP contribution in [0.25, 0.3) is 0 Å². The Hall–Kier alpha value is -3.26. The molecule has 1 fully saturated rings. The Bertz CT molecular complexity index is 1250. The van der Waals surface area contributed by atoms with E-state index in [2.05, 4.69) is 5.32 Å². The van der Waals surface area contributed by atoms with Crippen LogP contribution in [0, 0.1) is 17.0 Å². The van der Waals surface area contributed by atoms with E-state index in [0.29, 0.717) is 10.6 Å². The van der Waals surface area contributed by atoms with Crippen molar-refractivity contribution in [3.8, 4) is 5.75 Å². The summed E-state index contributed by atoms with van der Waals surface area (Å²) in [6.07, 6.45) is -1.30. The summed E-state index contributed by atoms with van der Waals surface area (Å²) >= 11 is 5.80. The molecule has 0 radical (unpaired) electrons. The zero-order valence-electron chi connectivity index (χ0n) is 18.6. The van der Waals surface area contributed by atoms with Crippen LogP contribution < -0.4 is 10.1 Å². The van der Waals surface area contributed by atoms with Gasteiger partial charge in [-0.1, -0.05) is 11.6 Å². The maximum atomic E-state index is 13.0. The summed E-state index contributed by atoms with van der Waals surface area (Å²) in [5.41, 5.74) is 0.296. The van der Waals surface area contributed by atoms with Crippen molar-refractivity contribution in [2.45, 2.75) is 30.4 Å². The Morgan fingerprint density at radius 3 is 2.54 bits per heavy atom. The zero-order valence-corrected chi connectivity index (χ0v) is 20.2. The first-order chi connectivity index (χ1) is 16.4. The molecular weight excluding hydrogens is 506 g/mol. The van der Waals surface area contributed by atoms with Gasteiger partial charge in [-0.3, -0.25) is 19.7 Å². The number of nitro benzene ring substituents is 1. The van der Waals surface area contributed by atoms with Crippen molar-refractivity contribution in [1.82, 2.24) is 4.31 Å². The van der Waals surface area contributed by atoms with E-state index in [0.717, 1.165) is 4.31 Å². The molecule has 1 aliphatic rings. The second-order valence-corrected chi connectivity index (χ2v) is 10.0. The van der Waals surface area contributed by atoms with Gasteiger partial charge >= 0.3 is 11.7 Å². The first-order valence-electron chi connectivity index (χ1n) is 10.2. The number of nitrogens with zero attached hydrogens (tertiary/aromatic N) is 2. The predicted octanol–water partition coefficient (Wildman–Crippen LogP) is 1.87. The smallest absolute Gasteiger partial charge is 0.325 e. The number of hydrogen-bond donors (Lipinski definition) is 2. The predicted molar refractivity (Wildman–Crippen MR) is 124 cm³/mol. The van der Waals surface area contributed by atoms with Crippen molar-refractivity contribution < 1.29 is 37.5 Å². The molecule has 2 aromatic rings. The van der Waals surface area contributed by atoms with Gasteiger partial charge in [-0.25, -0.2) is 8.42 Å². The van der Waals surface area contributed by atoms with E-state index in [-0.39, 0.29) is 35.0 Å². The molecule has 0 bridgehead atoms. The van der Waals surface area contributed by atoms with Gasteiger partial charge in [0.05, 0.1) is 23.0 Å². The number of aliphatic hydroxyl groups excluding tert-OH is 1. The van der Waals surface area contributed by atoms with Crippen molar-refractivity contribution in [2.24, 2.45) is 0 Å². The molecule has 2 aromatic carbocycles. The number of nitrogens with one attached hydrogen (secondary N) is 1. The van der Waals surface area contributed by atoms with Gasteiger partial charge in [0.2, 0.25) is 10.0 Å². The SMILES string of the molecule is COc1cc(NC(=O)COC(=O)[C@@H]2C[C@@H](O)CN2S(=O)(=O)c2ccc(Cl)cc2)c(C)cc1[N+](=O)[O-]. The monoisotopic (exact) mass is 527 g/mol. The summed E-state index contributed by atoms with van der Waals surface area (Å²) in [7, 11) is -2.91. The fourth-order valence-electron chi connectivity index (χ4n) is 3.54. The number of hydrogen-bond acceptors (Lipinski definition) is 9. The van der Waals surface area contributed by atoms with Crippen LogP contribution in [0.4, 0.5) is 11.4 Å². The second-order valence-electron chi connectivity index (χ2n) is 7.69. The first kappa shape index (κ1) is 26.3. The lowest BCUT2D eigenvalue weighted by Gasteiger charge is -2.22. The van der Waals surface area contributed by atoms with Crippen LogP contribution in [0.15, 0.2) is 41.3 Å². The molecule has 1 heterocycles. The Morgan fingerprint density at radius 1 is 1.29 bits per heavy atom. The third-order valence-electron chi connectivity index (χ3n) is 5.27. The van der Waals surface area contributed by atoms with E-state index >= 15 is 0 Å². The molecule has 1 aliphatic heterocycles.